The molecular weight excluding hydrogens is 342 g/mol. The third-order valence-electron chi connectivity index (χ3n) is 3.65. The number of halogens is 2. The van der Waals surface area contributed by atoms with Crippen LogP contribution >= 0.6 is 27.5 Å². The van der Waals surface area contributed by atoms with Crippen LogP contribution in [0.15, 0.2) is 22.7 Å². The van der Waals surface area contributed by atoms with Gasteiger partial charge in [-0.3, -0.25) is 4.90 Å². The summed E-state index contributed by atoms with van der Waals surface area (Å²) < 4.78 is 8.65. The fourth-order valence-corrected chi connectivity index (χ4v) is 3.12. The van der Waals surface area contributed by atoms with E-state index in [-0.39, 0.29) is 0 Å². The van der Waals surface area contributed by atoms with Crippen molar-refractivity contribution in [2.45, 2.75) is 12.4 Å². The SMILES string of the molecule is ClCc1nc2cc(Br)ccc2n1CCN1CCOCC1. The molecule has 1 saturated heterocycles. The monoisotopic (exact) mass is 357 g/mol. The molecular formula is C14H17BrClN3O. The van der Waals surface area contributed by atoms with Gasteiger partial charge in [0.25, 0.3) is 0 Å². The highest BCUT2D eigenvalue weighted by Gasteiger charge is 2.13. The molecule has 4 nitrogen and oxygen atoms in total. The van der Waals surface area contributed by atoms with Crippen molar-refractivity contribution in [2.75, 3.05) is 32.8 Å². The molecule has 2 heterocycles. The Morgan fingerprint density at radius 2 is 2.05 bits per heavy atom. The minimum atomic E-state index is 0.440. The first-order valence-electron chi connectivity index (χ1n) is 6.78. The lowest BCUT2D eigenvalue weighted by atomic mass is 10.3. The highest BCUT2D eigenvalue weighted by Crippen LogP contribution is 2.22. The summed E-state index contributed by atoms with van der Waals surface area (Å²) in [7, 11) is 0. The van der Waals surface area contributed by atoms with E-state index in [1.165, 1.54) is 0 Å². The van der Waals surface area contributed by atoms with Gasteiger partial charge in [0.2, 0.25) is 0 Å². The van der Waals surface area contributed by atoms with Crippen LogP contribution in [0.1, 0.15) is 5.82 Å². The van der Waals surface area contributed by atoms with Gasteiger partial charge < -0.3 is 9.30 Å². The summed E-state index contributed by atoms with van der Waals surface area (Å²) >= 11 is 9.52. The van der Waals surface area contributed by atoms with Crippen LogP contribution in [0.25, 0.3) is 11.0 Å². The molecule has 0 unspecified atom stereocenters. The number of hydrogen-bond acceptors (Lipinski definition) is 3. The molecule has 0 saturated carbocycles. The lowest BCUT2D eigenvalue weighted by Crippen LogP contribution is -2.38. The Morgan fingerprint density at radius 1 is 1.25 bits per heavy atom. The van der Waals surface area contributed by atoms with Gasteiger partial charge in [-0.05, 0) is 18.2 Å². The van der Waals surface area contributed by atoms with Crippen molar-refractivity contribution < 1.29 is 4.74 Å². The van der Waals surface area contributed by atoms with Gasteiger partial charge in [-0.15, -0.1) is 11.6 Å². The molecule has 0 radical (unpaired) electrons. The third kappa shape index (κ3) is 3.01. The fourth-order valence-electron chi connectivity index (χ4n) is 2.57. The number of hydrogen-bond donors (Lipinski definition) is 0. The Balaban J connectivity index is 1.81. The van der Waals surface area contributed by atoms with Crippen molar-refractivity contribution in [3.8, 4) is 0 Å². The Labute approximate surface area is 131 Å². The van der Waals surface area contributed by atoms with E-state index in [0.717, 1.165) is 60.7 Å². The van der Waals surface area contributed by atoms with E-state index in [1.807, 2.05) is 12.1 Å². The highest BCUT2D eigenvalue weighted by molar-refractivity contribution is 9.10. The molecule has 0 amide bonds. The summed E-state index contributed by atoms with van der Waals surface area (Å²) in [6.45, 7) is 5.61. The van der Waals surface area contributed by atoms with Crippen LogP contribution < -0.4 is 0 Å². The molecule has 0 atom stereocenters. The molecule has 1 aliphatic rings. The van der Waals surface area contributed by atoms with E-state index in [1.54, 1.807) is 0 Å². The molecule has 1 fully saturated rings. The molecule has 3 rings (SSSR count). The smallest absolute Gasteiger partial charge is 0.124 e. The second kappa shape index (κ2) is 6.43. The number of benzene rings is 1. The maximum atomic E-state index is 6.04. The number of imidazole rings is 1. The number of morpholine rings is 1. The number of nitrogens with zero attached hydrogens (tertiary/aromatic N) is 3. The number of alkyl halides is 1. The molecule has 0 spiro atoms. The predicted octanol–water partition coefficient (Wildman–Crippen LogP) is 2.87. The average molecular weight is 359 g/mol. The molecule has 0 bridgehead atoms. The highest BCUT2D eigenvalue weighted by atomic mass is 79.9. The lowest BCUT2D eigenvalue weighted by molar-refractivity contribution is 0.0364. The molecule has 0 aliphatic carbocycles. The first kappa shape index (κ1) is 14.3. The summed E-state index contributed by atoms with van der Waals surface area (Å²) in [6.07, 6.45) is 0. The van der Waals surface area contributed by atoms with Gasteiger partial charge >= 0.3 is 0 Å². The van der Waals surface area contributed by atoms with E-state index >= 15 is 0 Å². The van der Waals surface area contributed by atoms with Gasteiger partial charge in [0, 0.05) is 30.7 Å². The van der Waals surface area contributed by atoms with Crippen molar-refractivity contribution in [2.24, 2.45) is 0 Å². The third-order valence-corrected chi connectivity index (χ3v) is 4.38. The molecule has 6 heteroatoms. The van der Waals surface area contributed by atoms with E-state index < -0.39 is 0 Å². The maximum absolute atomic E-state index is 6.04. The zero-order chi connectivity index (χ0) is 13.9. The van der Waals surface area contributed by atoms with E-state index in [4.69, 9.17) is 16.3 Å². The predicted molar refractivity (Wildman–Crippen MR) is 84.2 cm³/mol. The van der Waals surface area contributed by atoms with Crippen molar-refractivity contribution in [3.05, 3.63) is 28.5 Å². The quantitative estimate of drug-likeness (QED) is 0.787. The van der Waals surface area contributed by atoms with E-state index in [2.05, 4.69) is 36.4 Å². The Morgan fingerprint density at radius 3 is 2.80 bits per heavy atom. The Kier molecular flexibility index (Phi) is 4.61. The molecule has 2 aromatic rings. The number of fused-ring (bicyclic) bond motifs is 1. The van der Waals surface area contributed by atoms with E-state index in [9.17, 15) is 0 Å². The number of ether oxygens (including phenoxy) is 1. The molecule has 1 aliphatic heterocycles. The second-order valence-electron chi connectivity index (χ2n) is 4.90. The molecule has 108 valence electrons. The summed E-state index contributed by atoms with van der Waals surface area (Å²) in [5.74, 6) is 1.38. The van der Waals surface area contributed by atoms with Crippen LogP contribution in [-0.4, -0.2) is 47.3 Å². The topological polar surface area (TPSA) is 30.3 Å². The molecule has 0 N–H and O–H groups in total. The van der Waals surface area contributed by atoms with Crippen LogP contribution in [-0.2, 0) is 17.2 Å². The molecule has 1 aromatic heterocycles. The Bertz CT molecular complexity index is 595. The van der Waals surface area contributed by atoms with Crippen molar-refractivity contribution in [1.82, 2.24) is 14.5 Å². The minimum Gasteiger partial charge on any atom is -0.379 e. The minimum absolute atomic E-state index is 0.440. The lowest BCUT2D eigenvalue weighted by Gasteiger charge is -2.26. The van der Waals surface area contributed by atoms with Gasteiger partial charge in [0.1, 0.15) is 5.82 Å². The van der Waals surface area contributed by atoms with Gasteiger partial charge in [-0.25, -0.2) is 4.98 Å². The van der Waals surface area contributed by atoms with Crippen molar-refractivity contribution in [1.29, 1.82) is 0 Å². The summed E-state index contributed by atoms with van der Waals surface area (Å²) in [5.41, 5.74) is 2.15. The molecule has 20 heavy (non-hydrogen) atoms. The van der Waals surface area contributed by atoms with Crippen molar-refractivity contribution in [3.63, 3.8) is 0 Å². The summed E-state index contributed by atoms with van der Waals surface area (Å²) in [4.78, 5) is 7.04. The zero-order valence-electron chi connectivity index (χ0n) is 11.2. The second-order valence-corrected chi connectivity index (χ2v) is 6.08. The first-order valence-corrected chi connectivity index (χ1v) is 8.11. The first-order chi connectivity index (χ1) is 9.78. The normalized spacial score (nSPS) is 16.9. The van der Waals surface area contributed by atoms with Crippen LogP contribution in [0.2, 0.25) is 0 Å². The molecule has 1 aromatic carbocycles. The zero-order valence-corrected chi connectivity index (χ0v) is 13.5. The van der Waals surface area contributed by atoms with Gasteiger partial charge in [0.15, 0.2) is 0 Å². The van der Waals surface area contributed by atoms with Crippen LogP contribution in [0, 0.1) is 0 Å². The van der Waals surface area contributed by atoms with Gasteiger partial charge in [0.05, 0.1) is 30.1 Å². The van der Waals surface area contributed by atoms with Crippen LogP contribution in [0.3, 0.4) is 0 Å². The van der Waals surface area contributed by atoms with Gasteiger partial charge in [-0.2, -0.15) is 0 Å². The maximum Gasteiger partial charge on any atom is 0.124 e. The van der Waals surface area contributed by atoms with Crippen LogP contribution in [0.4, 0.5) is 0 Å². The number of aromatic nitrogens is 2. The fraction of sp³-hybridized carbons (Fsp3) is 0.500. The Hall–Kier alpha value is -0.620. The van der Waals surface area contributed by atoms with Gasteiger partial charge in [-0.1, -0.05) is 15.9 Å². The van der Waals surface area contributed by atoms with Crippen molar-refractivity contribution >= 4 is 38.6 Å². The van der Waals surface area contributed by atoms with E-state index in [0.29, 0.717) is 5.88 Å². The van der Waals surface area contributed by atoms with Crippen LogP contribution in [0.5, 0.6) is 0 Å². The largest absolute Gasteiger partial charge is 0.379 e. The standard InChI is InChI=1S/C14H17BrClN3O/c15-11-1-2-13-12(9-11)17-14(10-16)19(13)4-3-18-5-7-20-8-6-18/h1-2,9H,3-8,10H2. The summed E-state index contributed by atoms with van der Waals surface area (Å²) in [5, 5.41) is 0. The average Bonchev–Trinajstić information content (AvgIpc) is 2.83. The number of rotatable bonds is 4. The summed E-state index contributed by atoms with van der Waals surface area (Å²) in [6, 6.07) is 6.19.